The van der Waals surface area contributed by atoms with E-state index in [4.69, 9.17) is 23.2 Å². The highest BCUT2D eigenvalue weighted by Crippen LogP contribution is 2.37. The number of H-pyrrole nitrogens is 1. The molecule has 3 heterocycles. The lowest BCUT2D eigenvalue weighted by Crippen LogP contribution is -2.33. The predicted molar refractivity (Wildman–Crippen MR) is 146 cm³/mol. The lowest BCUT2D eigenvalue weighted by atomic mass is 10.1. The normalized spacial score (nSPS) is 11.0. The molecule has 3 N–H and O–H groups in total. The van der Waals surface area contributed by atoms with E-state index in [1.165, 1.54) is 35.3 Å². The van der Waals surface area contributed by atoms with Crippen LogP contribution in [0.25, 0.3) is 11.3 Å². The Labute approximate surface area is 237 Å². The molecule has 0 saturated carbocycles. The average Bonchev–Trinajstić information content (AvgIpc) is 3.55. The second-order valence-corrected chi connectivity index (χ2v) is 9.19. The molecular formula is C25H24Cl2F2N8O3. The zero-order valence-electron chi connectivity index (χ0n) is 21.3. The Morgan fingerprint density at radius 1 is 1.23 bits per heavy atom. The van der Waals surface area contributed by atoms with Gasteiger partial charge in [0.1, 0.15) is 34.5 Å². The standard InChI is InChI=1S/C25H24Cl2F2N8O3/c1-3-36(11-14-6-7-31-20(27)8-14)21(38)13-37-12-18(33-24(39)17-10-32-34-23(17)30-2)22(35-37)16-9-15(26)4-5-19(16)40-25(28)29/h4-10,12,25H,3,11,13H2,1-2H3,(H,33,39)(H2,30,32,34). The summed E-state index contributed by atoms with van der Waals surface area (Å²) in [6.07, 6.45) is 4.30. The number of halogens is 4. The second kappa shape index (κ2) is 12.7. The summed E-state index contributed by atoms with van der Waals surface area (Å²) in [7, 11) is 1.61. The van der Waals surface area contributed by atoms with Crippen LogP contribution in [0.3, 0.4) is 0 Å². The van der Waals surface area contributed by atoms with Crippen molar-refractivity contribution in [1.29, 1.82) is 0 Å². The van der Waals surface area contributed by atoms with Gasteiger partial charge in [0.2, 0.25) is 5.91 Å². The topological polar surface area (TPSA) is 130 Å². The molecule has 15 heteroatoms. The number of hydrogen-bond donors (Lipinski definition) is 3. The van der Waals surface area contributed by atoms with E-state index in [-0.39, 0.29) is 52.3 Å². The van der Waals surface area contributed by atoms with Gasteiger partial charge in [-0.2, -0.15) is 19.0 Å². The smallest absolute Gasteiger partial charge is 0.387 e. The number of carbonyl (C=O) groups is 2. The first-order valence-corrected chi connectivity index (χ1v) is 12.7. The van der Waals surface area contributed by atoms with Crippen molar-refractivity contribution in [2.24, 2.45) is 0 Å². The summed E-state index contributed by atoms with van der Waals surface area (Å²) in [5.41, 5.74) is 1.27. The highest BCUT2D eigenvalue weighted by molar-refractivity contribution is 6.31. The number of benzene rings is 1. The van der Waals surface area contributed by atoms with Crippen LogP contribution in [0.15, 0.2) is 48.9 Å². The summed E-state index contributed by atoms with van der Waals surface area (Å²) >= 11 is 12.1. The molecule has 0 aliphatic heterocycles. The maximum Gasteiger partial charge on any atom is 0.387 e. The zero-order chi connectivity index (χ0) is 28.8. The zero-order valence-corrected chi connectivity index (χ0v) is 22.8. The van der Waals surface area contributed by atoms with Crippen molar-refractivity contribution in [3.8, 4) is 17.0 Å². The number of amides is 2. The second-order valence-electron chi connectivity index (χ2n) is 8.37. The van der Waals surface area contributed by atoms with Crippen LogP contribution in [-0.2, 0) is 17.9 Å². The Morgan fingerprint density at radius 3 is 2.73 bits per heavy atom. The Morgan fingerprint density at radius 2 is 2.02 bits per heavy atom. The van der Waals surface area contributed by atoms with E-state index in [1.807, 2.05) is 6.92 Å². The minimum Gasteiger partial charge on any atom is -0.434 e. The summed E-state index contributed by atoms with van der Waals surface area (Å²) < 4.78 is 32.3. The van der Waals surface area contributed by atoms with Crippen LogP contribution < -0.4 is 15.4 Å². The summed E-state index contributed by atoms with van der Waals surface area (Å²) in [6, 6.07) is 7.45. The first-order chi connectivity index (χ1) is 19.2. The van der Waals surface area contributed by atoms with Gasteiger partial charge in [-0.3, -0.25) is 19.4 Å². The third-order valence-electron chi connectivity index (χ3n) is 5.75. The lowest BCUT2D eigenvalue weighted by molar-refractivity contribution is -0.132. The van der Waals surface area contributed by atoms with E-state index in [1.54, 1.807) is 30.3 Å². The monoisotopic (exact) mass is 592 g/mol. The lowest BCUT2D eigenvalue weighted by Gasteiger charge is -2.21. The highest BCUT2D eigenvalue weighted by Gasteiger charge is 2.23. The van der Waals surface area contributed by atoms with E-state index in [9.17, 15) is 18.4 Å². The first kappa shape index (κ1) is 28.8. The number of rotatable bonds is 11. The van der Waals surface area contributed by atoms with Crippen LogP contribution in [0.4, 0.5) is 20.3 Å². The quantitative estimate of drug-likeness (QED) is 0.211. The summed E-state index contributed by atoms with van der Waals surface area (Å²) in [5, 5.41) is 17.0. The van der Waals surface area contributed by atoms with Crippen LogP contribution in [0, 0.1) is 0 Å². The van der Waals surface area contributed by atoms with Crippen molar-refractivity contribution < 1.29 is 23.1 Å². The third kappa shape index (κ3) is 6.85. The Balaban J connectivity index is 1.68. The fourth-order valence-corrected chi connectivity index (χ4v) is 4.26. The van der Waals surface area contributed by atoms with Crippen LogP contribution in [0.2, 0.25) is 10.2 Å². The number of ether oxygens (including phenoxy) is 1. The van der Waals surface area contributed by atoms with Gasteiger partial charge in [0.05, 0.1) is 11.9 Å². The number of nitrogens with one attached hydrogen (secondary N) is 3. The number of pyridine rings is 1. The van der Waals surface area contributed by atoms with Crippen LogP contribution in [0.5, 0.6) is 5.75 Å². The van der Waals surface area contributed by atoms with Gasteiger partial charge in [0.15, 0.2) is 0 Å². The van der Waals surface area contributed by atoms with E-state index < -0.39 is 12.5 Å². The van der Waals surface area contributed by atoms with Crippen LogP contribution >= 0.6 is 23.2 Å². The molecule has 11 nitrogen and oxygen atoms in total. The van der Waals surface area contributed by atoms with Gasteiger partial charge < -0.3 is 20.3 Å². The van der Waals surface area contributed by atoms with Crippen molar-refractivity contribution in [2.45, 2.75) is 26.6 Å². The van der Waals surface area contributed by atoms with Crippen molar-refractivity contribution in [3.63, 3.8) is 0 Å². The van der Waals surface area contributed by atoms with Crippen molar-refractivity contribution in [3.05, 3.63) is 70.2 Å². The molecule has 0 bridgehead atoms. The van der Waals surface area contributed by atoms with Crippen LogP contribution in [-0.4, -0.2) is 61.9 Å². The largest absolute Gasteiger partial charge is 0.434 e. The number of anilines is 2. The molecule has 1 aromatic carbocycles. The van der Waals surface area contributed by atoms with Gasteiger partial charge in [0.25, 0.3) is 5.91 Å². The SMILES string of the molecule is CCN(Cc1ccnc(Cl)c1)C(=O)Cn1cc(NC(=O)c2cn[nH]c2NC)c(-c2cc(Cl)ccc2OC(F)F)n1. The molecule has 4 rings (SSSR count). The maximum absolute atomic E-state index is 13.2. The van der Waals surface area contributed by atoms with Gasteiger partial charge >= 0.3 is 6.61 Å². The molecule has 40 heavy (non-hydrogen) atoms. The van der Waals surface area contributed by atoms with Gasteiger partial charge in [-0.15, -0.1) is 0 Å². The number of aromatic nitrogens is 5. The average molecular weight is 593 g/mol. The number of carbonyl (C=O) groups excluding carboxylic acids is 2. The van der Waals surface area contributed by atoms with Gasteiger partial charge in [0, 0.05) is 43.1 Å². The minimum atomic E-state index is -3.12. The summed E-state index contributed by atoms with van der Waals surface area (Å²) in [6.45, 7) is -0.835. The van der Waals surface area contributed by atoms with Gasteiger partial charge in [-0.05, 0) is 42.8 Å². The first-order valence-electron chi connectivity index (χ1n) is 11.9. The molecule has 0 atom stereocenters. The summed E-state index contributed by atoms with van der Waals surface area (Å²) in [5.74, 6) is -0.700. The maximum atomic E-state index is 13.2. The minimum absolute atomic E-state index is 0.0674. The number of alkyl halides is 2. The highest BCUT2D eigenvalue weighted by atomic mass is 35.5. The molecule has 0 aliphatic carbocycles. The summed E-state index contributed by atoms with van der Waals surface area (Å²) in [4.78, 5) is 31.8. The van der Waals surface area contributed by atoms with Crippen molar-refractivity contribution in [2.75, 3.05) is 24.2 Å². The Hall–Kier alpha value is -4.23. The van der Waals surface area contributed by atoms with Gasteiger partial charge in [-0.1, -0.05) is 23.2 Å². The molecule has 0 saturated heterocycles. The van der Waals surface area contributed by atoms with Crippen molar-refractivity contribution in [1.82, 2.24) is 29.9 Å². The number of hydrogen-bond acceptors (Lipinski definition) is 7. The predicted octanol–water partition coefficient (Wildman–Crippen LogP) is 4.92. The van der Waals surface area contributed by atoms with E-state index in [2.05, 4.69) is 35.7 Å². The third-order valence-corrected chi connectivity index (χ3v) is 6.19. The fourth-order valence-electron chi connectivity index (χ4n) is 3.89. The van der Waals surface area contributed by atoms with Gasteiger partial charge in [-0.25, -0.2) is 4.98 Å². The molecule has 0 spiro atoms. The Kier molecular flexibility index (Phi) is 9.17. The molecule has 0 unspecified atom stereocenters. The number of likely N-dealkylation sites (N-methyl/N-ethyl adjacent to an activating group) is 1. The number of aromatic amines is 1. The van der Waals surface area contributed by atoms with E-state index in [0.717, 1.165) is 5.56 Å². The van der Waals surface area contributed by atoms with E-state index >= 15 is 0 Å². The van der Waals surface area contributed by atoms with E-state index in [0.29, 0.717) is 17.5 Å². The molecule has 4 aromatic rings. The fraction of sp³-hybridized carbons (Fsp3) is 0.240. The van der Waals surface area contributed by atoms with Crippen molar-refractivity contribution >= 4 is 46.5 Å². The Bertz CT molecular complexity index is 1510. The molecule has 0 radical (unpaired) electrons. The molecule has 3 aromatic heterocycles. The molecule has 210 valence electrons. The molecule has 2 amide bonds. The number of nitrogens with zero attached hydrogens (tertiary/aromatic N) is 5. The molecule has 0 aliphatic rings. The molecular weight excluding hydrogens is 569 g/mol. The van der Waals surface area contributed by atoms with Crippen LogP contribution in [0.1, 0.15) is 22.8 Å². The molecule has 0 fully saturated rings.